The first-order chi connectivity index (χ1) is 11.7. The average molecular weight is 320 g/mol. The minimum absolute atomic E-state index is 0.133. The molecule has 0 heterocycles. The molecule has 0 nitrogen and oxygen atoms in total. The van der Waals surface area contributed by atoms with Crippen LogP contribution in [-0.2, 0) is 0 Å². The maximum atomic E-state index is 14.6. The normalized spacial score (nSPS) is 17.4. The Hall–Kier alpha value is -2.15. The topological polar surface area (TPSA) is 0 Å². The van der Waals surface area contributed by atoms with Gasteiger partial charge in [0.15, 0.2) is 0 Å². The van der Waals surface area contributed by atoms with Gasteiger partial charge in [0.05, 0.1) is 0 Å². The Bertz CT molecular complexity index is 737. The van der Waals surface area contributed by atoms with Crippen LogP contribution in [-0.4, -0.2) is 0 Å². The van der Waals surface area contributed by atoms with Crippen LogP contribution in [0.15, 0.2) is 61.2 Å². The second-order valence-electron chi connectivity index (χ2n) is 6.80. The average Bonchev–Trinajstić information content (AvgIpc) is 2.61. The van der Waals surface area contributed by atoms with Gasteiger partial charge >= 0.3 is 0 Å². The Balaban J connectivity index is 1.76. The highest BCUT2D eigenvalue weighted by molar-refractivity contribution is 5.71. The third-order valence-corrected chi connectivity index (χ3v) is 5.00. The lowest BCUT2D eigenvalue weighted by atomic mass is 9.84. The maximum absolute atomic E-state index is 14.6. The van der Waals surface area contributed by atoms with Gasteiger partial charge in [0, 0.05) is 5.56 Å². The fourth-order valence-corrected chi connectivity index (χ4v) is 3.45. The molecule has 0 saturated heterocycles. The van der Waals surface area contributed by atoms with Gasteiger partial charge in [0.2, 0.25) is 0 Å². The molecule has 0 amide bonds. The van der Waals surface area contributed by atoms with Gasteiger partial charge in [-0.1, -0.05) is 54.1 Å². The molecule has 0 spiro atoms. The summed E-state index contributed by atoms with van der Waals surface area (Å²) < 4.78 is 14.6. The molecule has 0 aliphatic heterocycles. The zero-order valence-corrected chi connectivity index (χ0v) is 14.4. The van der Waals surface area contributed by atoms with E-state index in [-0.39, 0.29) is 5.82 Å². The Morgan fingerprint density at radius 2 is 1.88 bits per heavy atom. The van der Waals surface area contributed by atoms with E-state index in [1.807, 2.05) is 43.3 Å². The van der Waals surface area contributed by atoms with E-state index in [0.29, 0.717) is 5.56 Å². The van der Waals surface area contributed by atoms with Crippen molar-refractivity contribution < 1.29 is 4.39 Å². The van der Waals surface area contributed by atoms with Crippen molar-refractivity contribution in [2.75, 3.05) is 0 Å². The Morgan fingerprint density at radius 3 is 2.50 bits per heavy atom. The molecule has 0 aromatic heterocycles. The molecule has 1 unspecified atom stereocenters. The zero-order valence-electron chi connectivity index (χ0n) is 14.4. The third-order valence-electron chi connectivity index (χ3n) is 5.00. The van der Waals surface area contributed by atoms with E-state index < -0.39 is 0 Å². The van der Waals surface area contributed by atoms with Gasteiger partial charge in [-0.15, -0.1) is 6.58 Å². The molecule has 2 aromatic carbocycles. The highest BCUT2D eigenvalue weighted by Gasteiger charge is 2.16. The highest BCUT2D eigenvalue weighted by Crippen LogP contribution is 2.34. The van der Waals surface area contributed by atoms with Crippen LogP contribution >= 0.6 is 0 Å². The summed E-state index contributed by atoms with van der Waals surface area (Å²) in [5.74, 6) is 0.620. The molecule has 1 atom stereocenters. The molecule has 124 valence electrons. The van der Waals surface area contributed by atoms with Crippen LogP contribution in [0.25, 0.3) is 16.7 Å². The summed E-state index contributed by atoms with van der Waals surface area (Å²) in [5, 5.41) is 0. The van der Waals surface area contributed by atoms with Crippen LogP contribution in [0.1, 0.15) is 43.2 Å². The van der Waals surface area contributed by atoms with E-state index in [0.717, 1.165) is 36.3 Å². The largest absolute Gasteiger partial charge is 0.206 e. The molecule has 24 heavy (non-hydrogen) atoms. The predicted octanol–water partition coefficient (Wildman–Crippen LogP) is 6.95. The predicted molar refractivity (Wildman–Crippen MR) is 101 cm³/mol. The van der Waals surface area contributed by atoms with Crippen LogP contribution in [0.2, 0.25) is 0 Å². The first-order valence-corrected chi connectivity index (χ1v) is 8.84. The molecule has 1 aliphatic carbocycles. The van der Waals surface area contributed by atoms with Crippen molar-refractivity contribution in [3.63, 3.8) is 0 Å². The van der Waals surface area contributed by atoms with E-state index in [1.165, 1.54) is 24.0 Å². The SMILES string of the molecule is C=CCCC1CC=C(c2ccc(-c3ccc(C)cc3)c(F)c2)CC1. The van der Waals surface area contributed by atoms with Crippen molar-refractivity contribution in [3.8, 4) is 11.1 Å². The summed E-state index contributed by atoms with van der Waals surface area (Å²) in [5.41, 5.74) is 5.13. The molecule has 0 fully saturated rings. The second kappa shape index (κ2) is 7.61. The summed E-state index contributed by atoms with van der Waals surface area (Å²) in [6.45, 7) is 5.84. The fourth-order valence-electron chi connectivity index (χ4n) is 3.45. The van der Waals surface area contributed by atoms with Gasteiger partial charge in [-0.05, 0) is 67.7 Å². The summed E-state index contributed by atoms with van der Waals surface area (Å²) in [4.78, 5) is 0. The van der Waals surface area contributed by atoms with Crippen molar-refractivity contribution >= 4 is 5.57 Å². The molecule has 2 aromatic rings. The third kappa shape index (κ3) is 3.84. The molecule has 0 saturated carbocycles. The molecule has 1 aliphatic rings. The number of allylic oxidation sites excluding steroid dienone is 3. The standard InChI is InChI=1S/C23H25F/c1-3-4-5-18-8-12-19(13-9-18)21-14-15-22(23(24)16-21)20-10-6-17(2)7-11-20/h3,6-7,10-12,14-16,18H,1,4-5,8-9,13H2,2H3. The number of hydrogen-bond acceptors (Lipinski definition) is 0. The fraction of sp³-hybridized carbons (Fsp3) is 0.304. The zero-order chi connectivity index (χ0) is 16.9. The lowest BCUT2D eigenvalue weighted by Crippen LogP contribution is -2.05. The number of benzene rings is 2. The van der Waals surface area contributed by atoms with Crippen molar-refractivity contribution in [1.29, 1.82) is 0 Å². The van der Waals surface area contributed by atoms with Gasteiger partial charge in [0.1, 0.15) is 5.82 Å². The molecule has 3 rings (SSSR count). The molecule has 0 radical (unpaired) electrons. The Morgan fingerprint density at radius 1 is 1.12 bits per heavy atom. The van der Waals surface area contributed by atoms with E-state index in [1.54, 1.807) is 6.07 Å². The van der Waals surface area contributed by atoms with Crippen molar-refractivity contribution in [1.82, 2.24) is 0 Å². The first-order valence-electron chi connectivity index (χ1n) is 8.84. The number of halogens is 1. The number of hydrogen-bond donors (Lipinski definition) is 0. The molecule has 0 N–H and O–H groups in total. The first kappa shape index (κ1) is 16.7. The monoisotopic (exact) mass is 320 g/mol. The highest BCUT2D eigenvalue weighted by atomic mass is 19.1. The number of rotatable bonds is 5. The molecular weight excluding hydrogens is 295 g/mol. The van der Waals surface area contributed by atoms with Crippen LogP contribution in [0, 0.1) is 18.7 Å². The second-order valence-corrected chi connectivity index (χ2v) is 6.80. The smallest absolute Gasteiger partial charge is 0.131 e. The molecular formula is C23H25F. The summed E-state index contributed by atoms with van der Waals surface area (Å²) >= 11 is 0. The van der Waals surface area contributed by atoms with Crippen LogP contribution in [0.5, 0.6) is 0 Å². The van der Waals surface area contributed by atoms with E-state index in [4.69, 9.17) is 0 Å². The van der Waals surface area contributed by atoms with E-state index in [2.05, 4.69) is 18.7 Å². The van der Waals surface area contributed by atoms with Gasteiger partial charge in [-0.3, -0.25) is 0 Å². The minimum atomic E-state index is -0.133. The molecule has 0 bridgehead atoms. The van der Waals surface area contributed by atoms with Crippen LogP contribution in [0.3, 0.4) is 0 Å². The lowest BCUT2D eigenvalue weighted by molar-refractivity contribution is 0.454. The van der Waals surface area contributed by atoms with Crippen LogP contribution in [0.4, 0.5) is 4.39 Å². The van der Waals surface area contributed by atoms with E-state index >= 15 is 0 Å². The van der Waals surface area contributed by atoms with Crippen molar-refractivity contribution in [3.05, 3.63) is 78.1 Å². The van der Waals surface area contributed by atoms with E-state index in [9.17, 15) is 4.39 Å². The van der Waals surface area contributed by atoms with Crippen LogP contribution < -0.4 is 0 Å². The molecule has 1 heteroatoms. The minimum Gasteiger partial charge on any atom is -0.206 e. The van der Waals surface area contributed by atoms with Gasteiger partial charge in [0.25, 0.3) is 0 Å². The van der Waals surface area contributed by atoms with Gasteiger partial charge in [-0.25, -0.2) is 4.39 Å². The lowest BCUT2D eigenvalue weighted by Gasteiger charge is -2.22. The van der Waals surface area contributed by atoms with Crippen molar-refractivity contribution in [2.45, 2.75) is 39.0 Å². The summed E-state index contributed by atoms with van der Waals surface area (Å²) in [6.07, 6.45) is 9.95. The Labute approximate surface area is 144 Å². The number of aryl methyl sites for hydroxylation is 1. The van der Waals surface area contributed by atoms with Gasteiger partial charge in [-0.2, -0.15) is 0 Å². The Kier molecular flexibility index (Phi) is 5.30. The van der Waals surface area contributed by atoms with Gasteiger partial charge < -0.3 is 0 Å². The quantitative estimate of drug-likeness (QED) is 0.523. The summed E-state index contributed by atoms with van der Waals surface area (Å²) in [6, 6.07) is 13.7. The van der Waals surface area contributed by atoms with Crippen molar-refractivity contribution in [2.24, 2.45) is 5.92 Å². The summed E-state index contributed by atoms with van der Waals surface area (Å²) in [7, 11) is 0. The maximum Gasteiger partial charge on any atom is 0.131 e.